The van der Waals surface area contributed by atoms with Crippen molar-refractivity contribution >= 4 is 0 Å². The monoisotopic (exact) mass is 271 g/mol. The van der Waals surface area contributed by atoms with Crippen molar-refractivity contribution in [2.75, 3.05) is 6.54 Å². The molecular formula is C15H17N3O2. The standard InChI is InChI=1S/C15H17N3O2/c1-15(7-4-8-16-15)14-17-13(18-20-14)12-9-10-5-2-3-6-11(10)19-12/h2-3,5-6,12,16H,4,7-9H2,1H3. The van der Waals surface area contributed by atoms with Gasteiger partial charge in [-0.1, -0.05) is 23.4 Å². The Bertz CT molecular complexity index is 607. The van der Waals surface area contributed by atoms with Crippen LogP contribution in [0.25, 0.3) is 0 Å². The van der Waals surface area contributed by atoms with Gasteiger partial charge in [0.15, 0.2) is 6.10 Å². The summed E-state index contributed by atoms with van der Waals surface area (Å²) >= 11 is 0. The molecule has 0 spiro atoms. The highest BCUT2D eigenvalue weighted by Crippen LogP contribution is 2.36. The molecule has 0 saturated carbocycles. The van der Waals surface area contributed by atoms with Crippen LogP contribution in [-0.4, -0.2) is 16.7 Å². The van der Waals surface area contributed by atoms with Gasteiger partial charge in [-0.15, -0.1) is 0 Å². The van der Waals surface area contributed by atoms with Gasteiger partial charge in [0.2, 0.25) is 11.7 Å². The molecule has 1 N–H and O–H groups in total. The third-order valence-corrected chi connectivity index (χ3v) is 4.22. The third kappa shape index (κ3) is 1.81. The van der Waals surface area contributed by atoms with E-state index in [-0.39, 0.29) is 11.6 Å². The Morgan fingerprint density at radius 2 is 2.25 bits per heavy atom. The van der Waals surface area contributed by atoms with Crippen LogP contribution in [0.5, 0.6) is 5.75 Å². The van der Waals surface area contributed by atoms with E-state index >= 15 is 0 Å². The van der Waals surface area contributed by atoms with E-state index in [2.05, 4.69) is 28.4 Å². The maximum atomic E-state index is 5.90. The first-order chi connectivity index (χ1) is 9.74. The second-order valence-corrected chi connectivity index (χ2v) is 5.74. The van der Waals surface area contributed by atoms with Gasteiger partial charge in [-0.05, 0) is 37.9 Å². The lowest BCUT2D eigenvalue weighted by molar-refractivity contribution is 0.219. The molecule has 0 radical (unpaired) electrons. The first-order valence-electron chi connectivity index (χ1n) is 7.08. The molecule has 2 aromatic rings. The number of para-hydroxylation sites is 1. The van der Waals surface area contributed by atoms with Crippen molar-refractivity contribution in [3.63, 3.8) is 0 Å². The molecule has 1 aromatic carbocycles. The number of rotatable bonds is 2. The van der Waals surface area contributed by atoms with Gasteiger partial charge in [0.05, 0.1) is 5.54 Å². The van der Waals surface area contributed by atoms with Crippen molar-refractivity contribution in [3.8, 4) is 5.75 Å². The molecule has 3 heterocycles. The molecule has 0 bridgehead atoms. The molecule has 2 atom stereocenters. The average Bonchev–Trinajstić information content (AvgIpc) is 3.17. The predicted octanol–water partition coefficient (Wildman–Crippen LogP) is 2.34. The highest BCUT2D eigenvalue weighted by molar-refractivity contribution is 5.37. The number of nitrogens with one attached hydrogen (secondary N) is 1. The summed E-state index contributed by atoms with van der Waals surface area (Å²) in [7, 11) is 0. The minimum atomic E-state index is -0.184. The van der Waals surface area contributed by atoms with Gasteiger partial charge in [0.25, 0.3) is 0 Å². The fourth-order valence-corrected chi connectivity index (χ4v) is 2.99. The van der Waals surface area contributed by atoms with Crippen molar-refractivity contribution in [1.82, 2.24) is 15.5 Å². The molecular weight excluding hydrogens is 254 g/mol. The normalized spacial score (nSPS) is 28.4. The van der Waals surface area contributed by atoms with Crippen molar-refractivity contribution in [1.29, 1.82) is 0 Å². The van der Waals surface area contributed by atoms with E-state index in [0.717, 1.165) is 31.6 Å². The first kappa shape index (κ1) is 11.9. The minimum absolute atomic E-state index is 0.130. The Labute approximate surface area is 117 Å². The van der Waals surface area contributed by atoms with Gasteiger partial charge in [-0.2, -0.15) is 4.98 Å². The van der Waals surface area contributed by atoms with Gasteiger partial charge >= 0.3 is 0 Å². The molecule has 1 fully saturated rings. The second kappa shape index (κ2) is 4.31. The predicted molar refractivity (Wildman–Crippen MR) is 72.4 cm³/mol. The summed E-state index contributed by atoms with van der Waals surface area (Å²) in [6.45, 7) is 3.11. The summed E-state index contributed by atoms with van der Waals surface area (Å²) in [5, 5.41) is 7.55. The van der Waals surface area contributed by atoms with Crippen molar-refractivity contribution in [3.05, 3.63) is 41.5 Å². The van der Waals surface area contributed by atoms with Crippen LogP contribution in [0.3, 0.4) is 0 Å². The minimum Gasteiger partial charge on any atom is -0.482 e. The van der Waals surface area contributed by atoms with Crippen LogP contribution in [0.2, 0.25) is 0 Å². The Hall–Kier alpha value is -1.88. The summed E-state index contributed by atoms with van der Waals surface area (Å²) in [6, 6.07) is 8.06. The van der Waals surface area contributed by atoms with E-state index in [1.54, 1.807) is 0 Å². The lowest BCUT2D eigenvalue weighted by Crippen LogP contribution is -2.33. The van der Waals surface area contributed by atoms with E-state index in [1.807, 2.05) is 18.2 Å². The Morgan fingerprint density at radius 1 is 1.35 bits per heavy atom. The number of fused-ring (bicyclic) bond motifs is 1. The van der Waals surface area contributed by atoms with E-state index in [4.69, 9.17) is 9.26 Å². The maximum Gasteiger partial charge on any atom is 0.246 e. The largest absolute Gasteiger partial charge is 0.482 e. The van der Waals surface area contributed by atoms with Gasteiger partial charge in [-0.25, -0.2) is 0 Å². The summed E-state index contributed by atoms with van der Waals surface area (Å²) in [6.07, 6.45) is 2.84. The lowest BCUT2D eigenvalue weighted by Gasteiger charge is -2.18. The molecule has 2 unspecified atom stereocenters. The second-order valence-electron chi connectivity index (χ2n) is 5.74. The van der Waals surface area contributed by atoms with Crippen molar-refractivity contribution in [2.45, 2.75) is 37.8 Å². The summed E-state index contributed by atoms with van der Waals surface area (Å²) in [4.78, 5) is 4.56. The Morgan fingerprint density at radius 3 is 3.05 bits per heavy atom. The van der Waals surface area contributed by atoms with E-state index in [0.29, 0.717) is 11.7 Å². The fourth-order valence-electron chi connectivity index (χ4n) is 2.99. The molecule has 0 aliphatic carbocycles. The maximum absolute atomic E-state index is 5.90. The molecule has 104 valence electrons. The zero-order valence-corrected chi connectivity index (χ0v) is 11.4. The van der Waals surface area contributed by atoms with Crippen molar-refractivity contribution in [2.24, 2.45) is 0 Å². The van der Waals surface area contributed by atoms with E-state index in [9.17, 15) is 0 Å². The molecule has 0 amide bonds. The number of aromatic nitrogens is 2. The summed E-state index contributed by atoms with van der Waals surface area (Å²) in [5.41, 5.74) is 1.02. The van der Waals surface area contributed by atoms with Crippen molar-refractivity contribution < 1.29 is 9.26 Å². The van der Waals surface area contributed by atoms with Crippen LogP contribution in [0.4, 0.5) is 0 Å². The molecule has 20 heavy (non-hydrogen) atoms. The zero-order chi connectivity index (χ0) is 13.6. The van der Waals surface area contributed by atoms with E-state index < -0.39 is 0 Å². The molecule has 1 aromatic heterocycles. The molecule has 2 aliphatic rings. The number of nitrogens with zero attached hydrogens (tertiary/aromatic N) is 2. The van der Waals surface area contributed by atoms with Crippen LogP contribution < -0.4 is 10.1 Å². The first-order valence-corrected chi connectivity index (χ1v) is 7.08. The van der Waals surface area contributed by atoms with E-state index in [1.165, 1.54) is 5.56 Å². The van der Waals surface area contributed by atoms with Crippen LogP contribution >= 0.6 is 0 Å². The average molecular weight is 271 g/mol. The smallest absolute Gasteiger partial charge is 0.246 e. The molecule has 5 heteroatoms. The highest BCUT2D eigenvalue weighted by atomic mass is 16.5. The molecule has 4 rings (SSSR count). The number of hydrogen-bond acceptors (Lipinski definition) is 5. The quantitative estimate of drug-likeness (QED) is 0.908. The number of hydrogen-bond donors (Lipinski definition) is 1. The van der Waals surface area contributed by atoms with Gasteiger partial charge in [-0.3, -0.25) is 0 Å². The Balaban J connectivity index is 1.58. The highest BCUT2D eigenvalue weighted by Gasteiger charge is 2.37. The molecule has 5 nitrogen and oxygen atoms in total. The SMILES string of the molecule is CC1(c2nc(C3Cc4ccccc4O3)no2)CCCN1. The third-order valence-electron chi connectivity index (χ3n) is 4.22. The molecule has 2 aliphatic heterocycles. The van der Waals surface area contributed by atoms with Gasteiger partial charge < -0.3 is 14.6 Å². The number of benzene rings is 1. The fraction of sp³-hybridized carbons (Fsp3) is 0.467. The van der Waals surface area contributed by atoms with Gasteiger partial charge in [0.1, 0.15) is 5.75 Å². The summed E-state index contributed by atoms with van der Waals surface area (Å²) < 4.78 is 11.4. The van der Waals surface area contributed by atoms with Crippen LogP contribution in [-0.2, 0) is 12.0 Å². The van der Waals surface area contributed by atoms with Crippen LogP contribution in [0, 0.1) is 0 Å². The summed E-state index contributed by atoms with van der Waals surface area (Å²) in [5.74, 6) is 2.24. The molecule has 1 saturated heterocycles. The Kier molecular flexibility index (Phi) is 2.57. The van der Waals surface area contributed by atoms with Crippen LogP contribution in [0.15, 0.2) is 28.8 Å². The van der Waals surface area contributed by atoms with Gasteiger partial charge in [0, 0.05) is 6.42 Å². The number of ether oxygens (including phenoxy) is 1. The van der Waals surface area contributed by atoms with Crippen LogP contribution in [0.1, 0.15) is 43.1 Å². The lowest BCUT2D eigenvalue weighted by atomic mass is 10.0. The topological polar surface area (TPSA) is 60.2 Å². The zero-order valence-electron chi connectivity index (χ0n) is 11.4.